The van der Waals surface area contributed by atoms with Gasteiger partial charge in [0.05, 0.1) is 16.7 Å². The van der Waals surface area contributed by atoms with Crippen molar-refractivity contribution in [3.05, 3.63) is 76.9 Å². The fourth-order valence-electron chi connectivity index (χ4n) is 8.97. The van der Waals surface area contributed by atoms with Gasteiger partial charge < -0.3 is 24.4 Å². The Balaban J connectivity index is 1.35. The average molecular weight is 682 g/mol. The molecule has 0 radical (unpaired) electrons. The van der Waals surface area contributed by atoms with Crippen LogP contribution >= 0.6 is 11.6 Å². The van der Waals surface area contributed by atoms with E-state index in [-0.39, 0.29) is 41.2 Å². The molecule has 0 spiro atoms. The molecule has 0 bridgehead atoms. The normalized spacial score (nSPS) is 36.5. The number of ketones is 1. The molecular weight excluding hydrogens is 648 g/mol. The number of allylic oxidation sites excluding steroid dienone is 4. The molecule has 3 saturated carbocycles. The van der Waals surface area contributed by atoms with Crippen molar-refractivity contribution >= 4 is 29.3 Å². The summed E-state index contributed by atoms with van der Waals surface area (Å²) in [4.78, 5) is 40.0. The van der Waals surface area contributed by atoms with Gasteiger partial charge in [0, 0.05) is 28.7 Å². The van der Waals surface area contributed by atoms with Crippen LogP contribution in [-0.4, -0.2) is 58.1 Å². The molecule has 4 aliphatic carbocycles. The molecule has 2 N–H and O–H groups in total. The quantitative estimate of drug-likeness (QED) is 0.333. The van der Waals surface area contributed by atoms with Gasteiger partial charge in [0.1, 0.15) is 29.5 Å². The lowest BCUT2D eigenvalue weighted by Gasteiger charge is -2.63. The van der Waals surface area contributed by atoms with E-state index in [0.29, 0.717) is 11.5 Å². The van der Waals surface area contributed by atoms with E-state index in [4.69, 9.17) is 25.8 Å². The first-order valence-corrected chi connectivity index (χ1v) is 16.0. The van der Waals surface area contributed by atoms with Crippen LogP contribution in [0.15, 0.2) is 66.3 Å². The molecule has 9 atom stereocenters. The molecule has 0 amide bonds. The molecule has 48 heavy (non-hydrogen) atoms. The first-order chi connectivity index (χ1) is 22.6. The van der Waals surface area contributed by atoms with E-state index in [1.807, 2.05) is 0 Å². The molecule has 6 rings (SSSR count). The number of carbonyl (C=O) groups excluding carboxylic acids is 3. The van der Waals surface area contributed by atoms with E-state index in [1.165, 1.54) is 61.5 Å². The van der Waals surface area contributed by atoms with Gasteiger partial charge in [0.15, 0.2) is 18.1 Å². The zero-order chi connectivity index (χ0) is 34.8. The number of hydrogen-bond acceptors (Lipinski definition) is 9. The minimum Gasteiger partial charge on any atom is -0.506 e. The number of aromatic hydroxyl groups is 1. The van der Waals surface area contributed by atoms with Crippen LogP contribution < -0.4 is 4.74 Å². The van der Waals surface area contributed by atoms with Gasteiger partial charge in [-0.1, -0.05) is 31.5 Å². The Morgan fingerprint density at radius 2 is 1.79 bits per heavy atom. The number of aliphatic hydroxyl groups excluding tert-OH is 1. The van der Waals surface area contributed by atoms with Crippen molar-refractivity contribution in [3.63, 3.8) is 0 Å². The highest BCUT2D eigenvalue weighted by atomic mass is 35.5. The third-order valence-corrected chi connectivity index (χ3v) is 11.5. The second-order valence-electron chi connectivity index (χ2n) is 13.6. The van der Waals surface area contributed by atoms with E-state index in [0.717, 1.165) is 6.08 Å². The summed E-state index contributed by atoms with van der Waals surface area (Å²) in [6.07, 6.45) is -0.418. The smallest absolute Gasteiger partial charge is 0.352 e. The van der Waals surface area contributed by atoms with Crippen LogP contribution in [0.5, 0.6) is 17.2 Å². The molecule has 0 aromatic heterocycles. The van der Waals surface area contributed by atoms with Crippen molar-refractivity contribution in [1.29, 1.82) is 5.26 Å². The zero-order valence-electron chi connectivity index (χ0n) is 26.4. The fourth-order valence-corrected chi connectivity index (χ4v) is 9.14. The number of benzene rings is 2. The average Bonchev–Trinajstić information content (AvgIpc) is 3.26. The molecule has 0 heterocycles. The van der Waals surface area contributed by atoms with Crippen LogP contribution in [0.4, 0.5) is 8.78 Å². The molecular formula is C36H34ClF2NO8. The Bertz CT molecular complexity index is 1790. The van der Waals surface area contributed by atoms with Crippen LogP contribution in [0, 0.1) is 39.9 Å². The number of rotatable bonds is 6. The number of ether oxygens (including phenoxy) is 3. The highest BCUT2D eigenvalue weighted by Crippen LogP contribution is 2.71. The highest BCUT2D eigenvalue weighted by Gasteiger charge is 2.78. The lowest BCUT2D eigenvalue weighted by atomic mass is 9.44. The number of hydrogen-bond donors (Lipinski definition) is 2. The van der Waals surface area contributed by atoms with Crippen molar-refractivity contribution < 1.29 is 47.6 Å². The van der Waals surface area contributed by atoms with Crippen molar-refractivity contribution in [1.82, 2.24) is 0 Å². The van der Waals surface area contributed by atoms with E-state index in [1.54, 1.807) is 19.9 Å². The van der Waals surface area contributed by atoms with Gasteiger partial charge in [-0.3, -0.25) is 4.79 Å². The SMILES string of the molecule is C[C@@H]1C[C@H]2[C@@H]3C[C@H](F)C4=CC(=O)C=C[C@]4(C)C3(F)[C@@H](O)C[C@]2(C)C1(OC(=O)c1ccc(Oc2ccc(O)c(Cl)c2)cc1)C(=O)OCC#N. The van der Waals surface area contributed by atoms with Gasteiger partial charge in [-0.15, -0.1) is 0 Å². The van der Waals surface area contributed by atoms with Crippen LogP contribution in [0.1, 0.15) is 50.4 Å². The Kier molecular flexibility index (Phi) is 8.20. The van der Waals surface area contributed by atoms with Gasteiger partial charge >= 0.3 is 11.9 Å². The lowest BCUT2D eigenvalue weighted by Crippen LogP contribution is -2.71. The maximum absolute atomic E-state index is 17.7. The van der Waals surface area contributed by atoms with Gasteiger partial charge in [-0.25, -0.2) is 18.4 Å². The third kappa shape index (κ3) is 4.75. The molecule has 3 fully saturated rings. The minimum atomic E-state index is -2.41. The molecule has 2 unspecified atom stereocenters. The van der Waals surface area contributed by atoms with Crippen molar-refractivity contribution in [3.8, 4) is 23.3 Å². The van der Waals surface area contributed by atoms with Crippen LogP contribution in [0.2, 0.25) is 5.02 Å². The van der Waals surface area contributed by atoms with E-state index in [9.17, 15) is 29.9 Å². The Morgan fingerprint density at radius 3 is 2.46 bits per heavy atom. The molecule has 0 aliphatic heterocycles. The molecule has 2 aromatic carbocycles. The summed E-state index contributed by atoms with van der Waals surface area (Å²) in [5.74, 6) is -4.53. The van der Waals surface area contributed by atoms with Crippen LogP contribution in [0.25, 0.3) is 0 Å². The van der Waals surface area contributed by atoms with E-state index < -0.39 is 76.5 Å². The summed E-state index contributed by atoms with van der Waals surface area (Å²) in [6.45, 7) is 4.10. The van der Waals surface area contributed by atoms with Gasteiger partial charge in [-0.05, 0) is 86.2 Å². The maximum atomic E-state index is 17.7. The summed E-state index contributed by atoms with van der Waals surface area (Å²) in [5.41, 5.74) is -7.56. The number of phenolic OH excluding ortho intramolecular Hbond substituents is 1. The Hall–Kier alpha value is -4.27. The summed E-state index contributed by atoms with van der Waals surface area (Å²) in [7, 11) is 0. The number of nitrogens with zero attached hydrogens (tertiary/aromatic N) is 1. The number of fused-ring (bicyclic) bond motifs is 5. The van der Waals surface area contributed by atoms with Gasteiger partial charge in [-0.2, -0.15) is 5.26 Å². The Morgan fingerprint density at radius 1 is 1.10 bits per heavy atom. The van der Waals surface area contributed by atoms with E-state index in [2.05, 4.69) is 0 Å². The first kappa shape index (κ1) is 33.6. The predicted molar refractivity (Wildman–Crippen MR) is 168 cm³/mol. The zero-order valence-corrected chi connectivity index (χ0v) is 27.2. The maximum Gasteiger partial charge on any atom is 0.352 e. The van der Waals surface area contributed by atoms with E-state index >= 15 is 8.78 Å². The molecule has 0 saturated heterocycles. The number of aliphatic hydroxyl groups is 1. The largest absolute Gasteiger partial charge is 0.506 e. The van der Waals surface area contributed by atoms with Crippen molar-refractivity contribution in [2.75, 3.05) is 6.61 Å². The summed E-state index contributed by atoms with van der Waals surface area (Å²) in [6, 6.07) is 11.8. The summed E-state index contributed by atoms with van der Waals surface area (Å²) >= 11 is 5.95. The van der Waals surface area contributed by atoms with Crippen LogP contribution in [0.3, 0.4) is 0 Å². The number of esters is 2. The Labute approximate surface area is 280 Å². The molecule has 9 nitrogen and oxygen atoms in total. The fraction of sp³-hybridized carbons (Fsp3) is 0.444. The number of carbonyl (C=O) groups is 3. The van der Waals surface area contributed by atoms with Gasteiger partial charge in [0.25, 0.3) is 0 Å². The number of alkyl halides is 2. The topological polar surface area (TPSA) is 143 Å². The van der Waals surface area contributed by atoms with Crippen LogP contribution in [-0.2, 0) is 19.1 Å². The molecule has 252 valence electrons. The summed E-state index contributed by atoms with van der Waals surface area (Å²) < 4.78 is 50.8. The lowest BCUT2D eigenvalue weighted by molar-refractivity contribution is -0.230. The second-order valence-corrected chi connectivity index (χ2v) is 14.0. The predicted octanol–water partition coefficient (Wildman–Crippen LogP) is 6.37. The van der Waals surface area contributed by atoms with Gasteiger partial charge in [0.2, 0.25) is 5.60 Å². The highest BCUT2D eigenvalue weighted by molar-refractivity contribution is 6.32. The summed E-state index contributed by atoms with van der Waals surface area (Å²) in [5, 5.41) is 30.7. The van der Waals surface area contributed by atoms with Crippen molar-refractivity contribution in [2.45, 2.75) is 63.6 Å². The van der Waals surface area contributed by atoms with Crippen molar-refractivity contribution in [2.24, 2.45) is 28.6 Å². The first-order valence-electron chi connectivity index (χ1n) is 15.6. The number of halogens is 3. The molecule has 12 heteroatoms. The monoisotopic (exact) mass is 681 g/mol. The minimum absolute atomic E-state index is 0.0329. The third-order valence-electron chi connectivity index (χ3n) is 11.2. The standard InChI is InChI=1S/C36H34ClF2NO8/c1-19-14-24-25-17-28(38)26-15-21(41)10-11-33(26,2)35(25,39)30(43)18-34(24,3)36(19,32(45)46-13-12-40)48-31(44)20-4-6-22(7-5-20)47-23-8-9-29(42)27(37)16-23/h4-11,15-16,19,24-25,28,30,42-43H,13-14,17-18H2,1-3H3/t19-,24+,25+,28+,30+,33+,34+,35?,36?/m1/s1. The second kappa shape index (κ2) is 11.7. The molecule has 2 aromatic rings. The number of nitriles is 1. The molecule has 4 aliphatic rings. The number of phenols is 1.